The fraction of sp³-hybridized carbons (Fsp3) is 0.250. The predicted octanol–water partition coefficient (Wildman–Crippen LogP) is 0.953. The molecule has 0 aliphatic carbocycles. The Balaban J connectivity index is 3.02. The van der Waals surface area contributed by atoms with Crippen molar-refractivity contribution in [3.63, 3.8) is 0 Å². The molecule has 0 radical (unpaired) electrons. The summed E-state index contributed by atoms with van der Waals surface area (Å²) in [6.07, 6.45) is 0. The number of para-hydroxylation sites is 1. The van der Waals surface area contributed by atoms with Crippen molar-refractivity contribution in [1.29, 1.82) is 0 Å². The average Bonchev–Trinajstić information content (AvgIpc) is 2.09. The molecule has 1 aromatic rings. The molecule has 1 rings (SSSR count). The Morgan fingerprint density at radius 2 is 2.25 bits per heavy atom. The van der Waals surface area contributed by atoms with Gasteiger partial charge in [-0.05, 0) is 19.1 Å². The Bertz CT molecular complexity index is 262. The van der Waals surface area contributed by atoms with Crippen molar-refractivity contribution in [2.45, 2.75) is 6.92 Å². The van der Waals surface area contributed by atoms with Gasteiger partial charge in [0.1, 0.15) is 0 Å². The molecule has 12 heavy (non-hydrogen) atoms. The van der Waals surface area contributed by atoms with Crippen molar-refractivity contribution >= 4 is 11.4 Å². The molecule has 4 nitrogen and oxygen atoms in total. The molecule has 1 aromatic carbocycles. The number of nitrogen functional groups attached to an aromatic ring is 2. The smallest absolute Gasteiger partial charge is 0.166 e. The van der Waals surface area contributed by atoms with Gasteiger partial charge in [-0.3, -0.25) is 5.84 Å². The van der Waals surface area contributed by atoms with Crippen LogP contribution in [-0.4, -0.2) is 6.61 Å². The minimum absolute atomic E-state index is 0.572. The highest BCUT2D eigenvalue weighted by Crippen LogP contribution is 2.29. The van der Waals surface area contributed by atoms with E-state index in [1.807, 2.05) is 13.0 Å². The summed E-state index contributed by atoms with van der Waals surface area (Å²) in [4.78, 5) is 0. The normalized spacial score (nSPS) is 9.50. The fourth-order valence-corrected chi connectivity index (χ4v) is 0.974. The third-order valence-corrected chi connectivity index (χ3v) is 1.49. The summed E-state index contributed by atoms with van der Waals surface area (Å²) in [5.74, 6) is 5.88. The van der Waals surface area contributed by atoms with Crippen LogP contribution in [0.25, 0.3) is 0 Å². The standard InChI is InChI=1S/C8H13N3O/c1-2-12-8-6(9)4-3-5-7(8)11-10/h3-5,11H,2,9-10H2,1H3. The molecule has 0 aromatic heterocycles. The van der Waals surface area contributed by atoms with Crippen LogP contribution in [0, 0.1) is 0 Å². The van der Waals surface area contributed by atoms with Gasteiger partial charge in [0.15, 0.2) is 5.75 Å². The Morgan fingerprint density at radius 3 is 2.83 bits per heavy atom. The molecule has 0 saturated heterocycles. The maximum absolute atomic E-state index is 5.66. The summed E-state index contributed by atoms with van der Waals surface area (Å²) in [6, 6.07) is 5.39. The van der Waals surface area contributed by atoms with E-state index in [0.29, 0.717) is 23.7 Å². The van der Waals surface area contributed by atoms with Gasteiger partial charge < -0.3 is 15.9 Å². The number of nitrogens with one attached hydrogen (secondary N) is 1. The van der Waals surface area contributed by atoms with E-state index in [9.17, 15) is 0 Å². The number of rotatable bonds is 3. The zero-order valence-electron chi connectivity index (χ0n) is 7.00. The van der Waals surface area contributed by atoms with Crippen LogP contribution in [0.5, 0.6) is 5.75 Å². The van der Waals surface area contributed by atoms with Gasteiger partial charge in [0, 0.05) is 0 Å². The summed E-state index contributed by atoms with van der Waals surface area (Å²) in [5.41, 5.74) is 9.47. The van der Waals surface area contributed by atoms with Gasteiger partial charge >= 0.3 is 0 Å². The van der Waals surface area contributed by atoms with E-state index in [2.05, 4.69) is 5.43 Å². The van der Waals surface area contributed by atoms with E-state index in [-0.39, 0.29) is 0 Å². The summed E-state index contributed by atoms with van der Waals surface area (Å²) in [5, 5.41) is 0. The Kier molecular flexibility index (Phi) is 2.76. The van der Waals surface area contributed by atoms with E-state index in [0.717, 1.165) is 0 Å². The molecule has 0 heterocycles. The van der Waals surface area contributed by atoms with Gasteiger partial charge in [-0.1, -0.05) is 6.07 Å². The van der Waals surface area contributed by atoms with Gasteiger partial charge in [0.2, 0.25) is 0 Å². The average molecular weight is 167 g/mol. The maximum Gasteiger partial charge on any atom is 0.166 e. The number of benzene rings is 1. The highest BCUT2D eigenvalue weighted by atomic mass is 16.5. The third kappa shape index (κ3) is 1.60. The maximum atomic E-state index is 5.66. The van der Waals surface area contributed by atoms with Crippen LogP contribution in [-0.2, 0) is 0 Å². The minimum Gasteiger partial charge on any atom is -0.489 e. The molecule has 0 aliphatic rings. The van der Waals surface area contributed by atoms with Gasteiger partial charge in [0.05, 0.1) is 18.0 Å². The van der Waals surface area contributed by atoms with Crippen molar-refractivity contribution in [1.82, 2.24) is 0 Å². The molecule has 0 bridgehead atoms. The van der Waals surface area contributed by atoms with Gasteiger partial charge in [-0.25, -0.2) is 0 Å². The summed E-state index contributed by atoms with van der Waals surface area (Å²) >= 11 is 0. The van der Waals surface area contributed by atoms with Crippen LogP contribution in [0.3, 0.4) is 0 Å². The second kappa shape index (κ2) is 3.82. The van der Waals surface area contributed by atoms with E-state index in [1.165, 1.54) is 0 Å². The highest BCUT2D eigenvalue weighted by molar-refractivity contribution is 5.68. The van der Waals surface area contributed by atoms with Crippen LogP contribution >= 0.6 is 0 Å². The molecule has 5 N–H and O–H groups in total. The molecule has 4 heteroatoms. The molecular formula is C8H13N3O. The lowest BCUT2D eigenvalue weighted by atomic mass is 10.2. The summed E-state index contributed by atoms with van der Waals surface area (Å²) in [7, 11) is 0. The zero-order valence-corrected chi connectivity index (χ0v) is 7.00. The Labute approximate surface area is 71.5 Å². The largest absolute Gasteiger partial charge is 0.489 e. The van der Waals surface area contributed by atoms with Gasteiger partial charge in [-0.15, -0.1) is 0 Å². The third-order valence-electron chi connectivity index (χ3n) is 1.49. The Morgan fingerprint density at radius 1 is 1.50 bits per heavy atom. The van der Waals surface area contributed by atoms with Crippen LogP contribution in [0.1, 0.15) is 6.92 Å². The number of hydrogen-bond acceptors (Lipinski definition) is 4. The van der Waals surface area contributed by atoms with E-state index >= 15 is 0 Å². The first kappa shape index (κ1) is 8.67. The Hall–Kier alpha value is -1.42. The van der Waals surface area contributed by atoms with Crippen LogP contribution in [0.2, 0.25) is 0 Å². The first-order valence-corrected chi connectivity index (χ1v) is 3.77. The SMILES string of the molecule is CCOc1c(N)cccc1NN. The molecule has 0 amide bonds. The topological polar surface area (TPSA) is 73.3 Å². The molecule has 0 aliphatic heterocycles. The van der Waals surface area contributed by atoms with E-state index < -0.39 is 0 Å². The number of anilines is 2. The van der Waals surface area contributed by atoms with Crippen LogP contribution in [0.15, 0.2) is 18.2 Å². The first-order chi connectivity index (χ1) is 5.79. The number of nitrogens with two attached hydrogens (primary N) is 2. The lowest BCUT2D eigenvalue weighted by Crippen LogP contribution is -2.09. The van der Waals surface area contributed by atoms with Crippen molar-refractivity contribution in [2.75, 3.05) is 17.8 Å². The lowest BCUT2D eigenvalue weighted by Gasteiger charge is -2.11. The zero-order chi connectivity index (χ0) is 8.97. The van der Waals surface area contributed by atoms with E-state index in [1.54, 1.807) is 12.1 Å². The molecule has 0 fully saturated rings. The highest BCUT2D eigenvalue weighted by Gasteiger charge is 2.04. The predicted molar refractivity (Wildman–Crippen MR) is 49.8 cm³/mol. The van der Waals surface area contributed by atoms with Gasteiger partial charge in [0.25, 0.3) is 0 Å². The van der Waals surface area contributed by atoms with Crippen LogP contribution in [0.4, 0.5) is 11.4 Å². The first-order valence-electron chi connectivity index (χ1n) is 3.77. The van der Waals surface area contributed by atoms with Crippen LogP contribution < -0.4 is 21.7 Å². The van der Waals surface area contributed by atoms with Crippen molar-refractivity contribution in [3.8, 4) is 5.75 Å². The molecule has 66 valence electrons. The van der Waals surface area contributed by atoms with Crippen molar-refractivity contribution in [3.05, 3.63) is 18.2 Å². The lowest BCUT2D eigenvalue weighted by molar-refractivity contribution is 0.343. The fourth-order valence-electron chi connectivity index (χ4n) is 0.974. The molecule has 0 spiro atoms. The van der Waals surface area contributed by atoms with Gasteiger partial charge in [-0.2, -0.15) is 0 Å². The van der Waals surface area contributed by atoms with Crippen molar-refractivity contribution in [2.24, 2.45) is 5.84 Å². The molecule has 0 saturated carbocycles. The summed E-state index contributed by atoms with van der Waals surface area (Å²) in [6.45, 7) is 2.47. The molecular weight excluding hydrogens is 154 g/mol. The number of hydrazine groups is 1. The quantitative estimate of drug-likeness (QED) is 0.356. The number of ether oxygens (including phenoxy) is 1. The minimum atomic E-state index is 0.572. The second-order valence-corrected chi connectivity index (χ2v) is 2.30. The summed E-state index contributed by atoms with van der Waals surface area (Å²) < 4.78 is 5.29. The molecule has 0 atom stereocenters. The van der Waals surface area contributed by atoms with Crippen molar-refractivity contribution < 1.29 is 4.74 Å². The monoisotopic (exact) mass is 167 g/mol. The molecule has 0 unspecified atom stereocenters. The second-order valence-electron chi connectivity index (χ2n) is 2.30. The number of hydrogen-bond donors (Lipinski definition) is 3. The van der Waals surface area contributed by atoms with E-state index in [4.69, 9.17) is 16.3 Å².